The number of carbonyl (C=O) groups is 1. The van der Waals surface area contributed by atoms with E-state index in [1.165, 1.54) is 13.3 Å². The van der Waals surface area contributed by atoms with Crippen LogP contribution in [0, 0.1) is 0 Å². The van der Waals surface area contributed by atoms with Crippen LogP contribution in [-0.4, -0.2) is 23.2 Å². The second-order valence-corrected chi connectivity index (χ2v) is 2.84. The van der Waals surface area contributed by atoms with Gasteiger partial charge in [0.2, 0.25) is 5.88 Å². The maximum Gasteiger partial charge on any atom is 0.305 e. The number of hydrogen-bond donors (Lipinski definition) is 2. The maximum atomic E-state index is 10.4. The predicted octanol–water partition coefficient (Wildman–Crippen LogP) is 1.41. The number of halogens is 2. The topological polar surface area (TPSA) is 85.4 Å². The number of rotatable bonds is 4. The number of methoxy groups -OCH3 is 1. The molecular weight excluding hydrogens is 255 g/mol. The molecule has 0 unspecified atom stereocenters. The van der Waals surface area contributed by atoms with Crippen molar-refractivity contribution >= 4 is 30.8 Å². The van der Waals surface area contributed by atoms with Gasteiger partial charge >= 0.3 is 5.97 Å². The normalized spacial score (nSPS) is 10.6. The Morgan fingerprint density at radius 3 is 2.56 bits per heavy atom. The smallest absolute Gasteiger partial charge is 0.305 e. The third-order valence-corrected chi connectivity index (χ3v) is 1.79. The van der Waals surface area contributed by atoms with Crippen LogP contribution in [0.3, 0.4) is 0 Å². The lowest BCUT2D eigenvalue weighted by molar-refractivity contribution is -0.137. The van der Waals surface area contributed by atoms with Gasteiger partial charge in [0.1, 0.15) is 0 Å². The summed E-state index contributed by atoms with van der Waals surface area (Å²) in [4.78, 5) is 14.3. The Bertz CT molecular complexity index is 319. The molecule has 1 heterocycles. The second-order valence-electron chi connectivity index (χ2n) is 2.84. The summed E-state index contributed by atoms with van der Waals surface area (Å²) in [5.41, 5.74) is 6.31. The van der Waals surface area contributed by atoms with E-state index in [1.54, 1.807) is 12.1 Å². The fraction of sp³-hybridized carbons (Fsp3) is 0.333. The summed E-state index contributed by atoms with van der Waals surface area (Å²) in [6, 6.07) is 2.84. The minimum Gasteiger partial charge on any atom is -0.481 e. The summed E-state index contributed by atoms with van der Waals surface area (Å²) in [5, 5.41) is 8.52. The third kappa shape index (κ3) is 5.16. The highest BCUT2D eigenvalue weighted by Crippen LogP contribution is 2.15. The van der Waals surface area contributed by atoms with E-state index in [2.05, 4.69) is 4.98 Å². The number of nitrogens with two attached hydrogens (primary N) is 1. The average molecular weight is 269 g/mol. The van der Waals surface area contributed by atoms with Gasteiger partial charge in [0.15, 0.2) is 0 Å². The van der Waals surface area contributed by atoms with Crippen molar-refractivity contribution in [2.24, 2.45) is 5.73 Å². The van der Waals surface area contributed by atoms with Crippen LogP contribution < -0.4 is 10.5 Å². The van der Waals surface area contributed by atoms with E-state index in [9.17, 15) is 4.79 Å². The minimum atomic E-state index is -0.923. The van der Waals surface area contributed by atoms with Crippen LogP contribution in [0.5, 0.6) is 5.88 Å². The average Bonchev–Trinajstić information content (AvgIpc) is 2.17. The molecule has 1 rings (SSSR count). The van der Waals surface area contributed by atoms with Gasteiger partial charge in [-0.15, -0.1) is 24.8 Å². The fourth-order valence-electron chi connectivity index (χ4n) is 1.04. The molecule has 5 nitrogen and oxygen atoms in total. The van der Waals surface area contributed by atoms with Gasteiger partial charge in [-0.1, -0.05) is 6.07 Å². The largest absolute Gasteiger partial charge is 0.481 e. The van der Waals surface area contributed by atoms with E-state index in [0.29, 0.717) is 11.4 Å². The Labute approximate surface area is 106 Å². The summed E-state index contributed by atoms with van der Waals surface area (Å²) in [6.07, 6.45) is 1.42. The first-order valence-electron chi connectivity index (χ1n) is 4.11. The van der Waals surface area contributed by atoms with Crippen molar-refractivity contribution in [3.05, 3.63) is 23.9 Å². The number of carboxylic acid groups (broad SMARTS) is 1. The number of ether oxygens (including phenoxy) is 1. The van der Waals surface area contributed by atoms with Crippen LogP contribution in [-0.2, 0) is 4.79 Å². The zero-order chi connectivity index (χ0) is 10.6. The highest BCUT2D eigenvalue weighted by Gasteiger charge is 2.10. The second kappa shape index (κ2) is 8.15. The van der Waals surface area contributed by atoms with Crippen molar-refractivity contribution in [1.82, 2.24) is 4.98 Å². The van der Waals surface area contributed by atoms with E-state index in [1.807, 2.05) is 0 Å². The lowest BCUT2D eigenvalue weighted by atomic mass is 10.1. The van der Waals surface area contributed by atoms with Gasteiger partial charge in [-0.25, -0.2) is 4.98 Å². The van der Waals surface area contributed by atoms with Gasteiger partial charge in [0.05, 0.1) is 13.5 Å². The Balaban J connectivity index is 0. The zero-order valence-corrected chi connectivity index (χ0v) is 10.3. The summed E-state index contributed by atoms with van der Waals surface area (Å²) in [5.74, 6) is -0.440. The minimum absolute atomic E-state index is 0. The van der Waals surface area contributed by atoms with Gasteiger partial charge in [-0.05, 0) is 5.56 Å². The quantitative estimate of drug-likeness (QED) is 0.863. The van der Waals surface area contributed by atoms with Crippen LogP contribution in [0.2, 0.25) is 0 Å². The summed E-state index contributed by atoms with van der Waals surface area (Å²) in [7, 11) is 1.51. The van der Waals surface area contributed by atoms with Crippen LogP contribution in [0.15, 0.2) is 18.3 Å². The summed E-state index contributed by atoms with van der Waals surface area (Å²) in [6.45, 7) is 0. The molecule has 0 saturated heterocycles. The Hall–Kier alpha value is -1.04. The predicted molar refractivity (Wildman–Crippen MR) is 64.5 cm³/mol. The summed E-state index contributed by atoms with van der Waals surface area (Å²) >= 11 is 0. The molecular formula is C9H14Cl2N2O3. The molecule has 16 heavy (non-hydrogen) atoms. The number of aliphatic carboxylic acids is 1. The molecule has 0 spiro atoms. The highest BCUT2D eigenvalue weighted by molar-refractivity contribution is 5.85. The molecule has 1 atom stereocenters. The molecule has 0 saturated carbocycles. The number of hydrogen-bond acceptors (Lipinski definition) is 4. The molecule has 0 fully saturated rings. The first-order chi connectivity index (χ1) is 6.63. The first-order valence-corrected chi connectivity index (χ1v) is 4.11. The first kappa shape index (κ1) is 17.4. The van der Waals surface area contributed by atoms with Crippen LogP contribution in [0.25, 0.3) is 0 Å². The lowest BCUT2D eigenvalue weighted by Gasteiger charge is -2.08. The molecule has 0 radical (unpaired) electrons. The maximum absolute atomic E-state index is 10.4. The van der Waals surface area contributed by atoms with Crippen molar-refractivity contribution in [2.75, 3.05) is 7.11 Å². The third-order valence-electron chi connectivity index (χ3n) is 1.79. The number of nitrogens with zero attached hydrogens (tertiary/aromatic N) is 1. The fourth-order valence-corrected chi connectivity index (χ4v) is 1.04. The van der Waals surface area contributed by atoms with E-state index < -0.39 is 12.0 Å². The molecule has 0 aliphatic carbocycles. The van der Waals surface area contributed by atoms with Gasteiger partial charge < -0.3 is 15.6 Å². The van der Waals surface area contributed by atoms with E-state index in [0.717, 1.165) is 0 Å². The van der Waals surface area contributed by atoms with Gasteiger partial charge in [-0.3, -0.25) is 4.79 Å². The Morgan fingerprint density at radius 2 is 2.19 bits per heavy atom. The zero-order valence-electron chi connectivity index (χ0n) is 8.62. The van der Waals surface area contributed by atoms with Crippen molar-refractivity contribution in [2.45, 2.75) is 12.5 Å². The Kier molecular flexibility index (Phi) is 8.84. The molecule has 1 aromatic heterocycles. The molecule has 0 amide bonds. The summed E-state index contributed by atoms with van der Waals surface area (Å²) < 4.78 is 4.86. The van der Waals surface area contributed by atoms with Crippen LogP contribution >= 0.6 is 24.8 Å². The van der Waals surface area contributed by atoms with Crippen LogP contribution in [0.4, 0.5) is 0 Å². The molecule has 0 aliphatic rings. The molecule has 3 N–H and O–H groups in total. The standard InChI is InChI=1S/C9H12N2O3.2ClH/c1-14-8-3-2-6(5-11-8)7(10)4-9(12)13;;/h2-3,5,7H,4,10H2,1H3,(H,12,13);2*1H/t7-;;/m0../s1. The van der Waals surface area contributed by atoms with Crippen molar-refractivity contribution in [1.29, 1.82) is 0 Å². The highest BCUT2D eigenvalue weighted by atomic mass is 35.5. The van der Waals surface area contributed by atoms with Gasteiger partial charge in [-0.2, -0.15) is 0 Å². The van der Waals surface area contributed by atoms with Crippen molar-refractivity contribution in [3.63, 3.8) is 0 Å². The molecule has 0 aromatic carbocycles. The monoisotopic (exact) mass is 268 g/mol. The van der Waals surface area contributed by atoms with E-state index in [4.69, 9.17) is 15.6 Å². The van der Waals surface area contributed by atoms with E-state index in [-0.39, 0.29) is 31.2 Å². The van der Waals surface area contributed by atoms with Crippen molar-refractivity contribution in [3.8, 4) is 5.88 Å². The van der Waals surface area contributed by atoms with E-state index >= 15 is 0 Å². The SMILES string of the molecule is COc1ccc([C@@H](N)CC(=O)O)cn1.Cl.Cl. The Morgan fingerprint density at radius 1 is 1.56 bits per heavy atom. The number of carboxylic acids is 1. The molecule has 0 aliphatic heterocycles. The molecule has 0 bridgehead atoms. The number of pyridine rings is 1. The van der Waals surface area contributed by atoms with Gasteiger partial charge in [0, 0.05) is 18.3 Å². The lowest BCUT2D eigenvalue weighted by Crippen LogP contribution is -2.15. The number of aromatic nitrogens is 1. The molecule has 7 heteroatoms. The molecule has 1 aromatic rings. The molecule has 92 valence electrons. The van der Waals surface area contributed by atoms with Crippen molar-refractivity contribution < 1.29 is 14.6 Å². The van der Waals surface area contributed by atoms with Gasteiger partial charge in [0.25, 0.3) is 0 Å². The van der Waals surface area contributed by atoms with Crippen LogP contribution in [0.1, 0.15) is 18.0 Å².